The monoisotopic (exact) mass is 273 g/mol. The van der Waals surface area contributed by atoms with Gasteiger partial charge in [0.05, 0.1) is 0 Å². The zero-order valence-corrected chi connectivity index (χ0v) is 11.2. The summed E-state index contributed by atoms with van der Waals surface area (Å²) >= 11 is 0. The molecule has 1 aliphatic rings. The maximum Gasteiger partial charge on any atom is 0.323 e. The maximum atomic E-state index is 11.1. The number of hydrogen-bond donors (Lipinski definition) is 4. The van der Waals surface area contributed by atoms with Crippen molar-refractivity contribution in [3.05, 3.63) is 36.0 Å². The summed E-state index contributed by atoms with van der Waals surface area (Å²) < 4.78 is 0. The van der Waals surface area contributed by atoms with Gasteiger partial charge in [0.15, 0.2) is 0 Å². The molecule has 106 valence electrons. The molecule has 3 rings (SSSR count). The molecule has 0 aliphatic heterocycles. The molecular formula is C15H19N3O2. The van der Waals surface area contributed by atoms with Gasteiger partial charge in [0.1, 0.15) is 5.54 Å². The molecule has 1 heterocycles. The largest absolute Gasteiger partial charge is 0.480 e. The number of nitrogens with one attached hydrogen (secondary N) is 2. The lowest BCUT2D eigenvalue weighted by Crippen LogP contribution is -2.46. The van der Waals surface area contributed by atoms with Gasteiger partial charge in [-0.2, -0.15) is 0 Å². The molecule has 1 saturated carbocycles. The van der Waals surface area contributed by atoms with Crippen molar-refractivity contribution in [3.8, 4) is 0 Å². The zero-order valence-electron chi connectivity index (χ0n) is 11.2. The predicted molar refractivity (Wildman–Crippen MR) is 77.6 cm³/mol. The van der Waals surface area contributed by atoms with Gasteiger partial charge >= 0.3 is 5.97 Å². The van der Waals surface area contributed by atoms with Crippen LogP contribution in [-0.2, 0) is 11.2 Å². The fourth-order valence-corrected chi connectivity index (χ4v) is 2.57. The second-order valence-electron chi connectivity index (χ2n) is 5.59. The molecule has 5 heteroatoms. The first-order valence-electron chi connectivity index (χ1n) is 6.90. The van der Waals surface area contributed by atoms with Crippen LogP contribution in [0.3, 0.4) is 0 Å². The number of carboxylic acid groups (broad SMARTS) is 1. The Morgan fingerprint density at radius 1 is 1.45 bits per heavy atom. The third-order valence-corrected chi connectivity index (χ3v) is 4.02. The first kappa shape index (κ1) is 13.1. The van der Waals surface area contributed by atoms with E-state index in [1.54, 1.807) is 0 Å². The number of aliphatic carboxylic acids is 1. The highest BCUT2D eigenvalue weighted by Crippen LogP contribution is 2.35. The van der Waals surface area contributed by atoms with Crippen molar-refractivity contribution in [2.45, 2.75) is 30.8 Å². The number of H-pyrrole nitrogens is 1. The van der Waals surface area contributed by atoms with E-state index >= 15 is 0 Å². The number of aromatic amines is 1. The van der Waals surface area contributed by atoms with Crippen molar-refractivity contribution in [2.24, 2.45) is 5.73 Å². The quantitative estimate of drug-likeness (QED) is 0.637. The van der Waals surface area contributed by atoms with Crippen LogP contribution >= 0.6 is 0 Å². The van der Waals surface area contributed by atoms with Crippen molar-refractivity contribution in [2.75, 3.05) is 6.54 Å². The first-order chi connectivity index (χ1) is 9.61. The highest BCUT2D eigenvalue weighted by Gasteiger charge is 2.49. The molecule has 1 atom stereocenters. The normalized spacial score (nSPS) is 18.1. The minimum Gasteiger partial charge on any atom is -0.480 e. The van der Waals surface area contributed by atoms with Crippen molar-refractivity contribution in [1.29, 1.82) is 0 Å². The molecule has 1 fully saturated rings. The van der Waals surface area contributed by atoms with Gasteiger partial charge in [-0.1, -0.05) is 18.2 Å². The minimum absolute atomic E-state index is 0.0916. The average molecular weight is 273 g/mol. The van der Waals surface area contributed by atoms with Gasteiger partial charge in [-0.05, 0) is 30.9 Å². The minimum atomic E-state index is -0.767. The Hall–Kier alpha value is -1.85. The number of rotatable bonds is 6. The Morgan fingerprint density at radius 2 is 2.20 bits per heavy atom. The SMILES string of the molecule is NC(CNC1(C(=O)O)CC1)Cc1c[nH]c2ccccc12. The summed E-state index contributed by atoms with van der Waals surface area (Å²) in [4.78, 5) is 14.3. The van der Waals surface area contributed by atoms with Crippen LogP contribution in [0.5, 0.6) is 0 Å². The van der Waals surface area contributed by atoms with Crippen LogP contribution in [0.1, 0.15) is 18.4 Å². The van der Waals surface area contributed by atoms with E-state index in [2.05, 4.69) is 16.4 Å². The average Bonchev–Trinajstić information content (AvgIpc) is 3.14. The summed E-state index contributed by atoms with van der Waals surface area (Å²) in [5.41, 5.74) is 7.69. The van der Waals surface area contributed by atoms with Crippen LogP contribution in [0.15, 0.2) is 30.5 Å². The lowest BCUT2D eigenvalue weighted by atomic mass is 10.1. The molecule has 0 spiro atoms. The summed E-state index contributed by atoms with van der Waals surface area (Å²) in [7, 11) is 0. The van der Waals surface area contributed by atoms with Gasteiger partial charge in [-0.15, -0.1) is 0 Å². The van der Waals surface area contributed by atoms with E-state index in [1.165, 1.54) is 10.9 Å². The number of carboxylic acids is 1. The molecule has 0 radical (unpaired) electrons. The Kier molecular flexibility index (Phi) is 3.23. The van der Waals surface area contributed by atoms with Gasteiger partial charge in [-0.3, -0.25) is 4.79 Å². The Balaban J connectivity index is 1.62. The molecule has 0 bridgehead atoms. The molecule has 0 saturated heterocycles. The van der Waals surface area contributed by atoms with Crippen molar-refractivity contribution < 1.29 is 9.90 Å². The molecule has 1 unspecified atom stereocenters. The van der Waals surface area contributed by atoms with E-state index in [1.807, 2.05) is 24.4 Å². The van der Waals surface area contributed by atoms with Gasteiger partial charge in [0.25, 0.3) is 0 Å². The van der Waals surface area contributed by atoms with Crippen LogP contribution in [0, 0.1) is 0 Å². The highest BCUT2D eigenvalue weighted by atomic mass is 16.4. The van der Waals surface area contributed by atoms with Gasteiger partial charge in [0, 0.05) is 29.7 Å². The third-order valence-electron chi connectivity index (χ3n) is 4.02. The van der Waals surface area contributed by atoms with Crippen LogP contribution < -0.4 is 11.1 Å². The number of hydrogen-bond acceptors (Lipinski definition) is 3. The fraction of sp³-hybridized carbons (Fsp3) is 0.400. The number of aromatic nitrogens is 1. The standard InChI is InChI=1S/C15H19N3O2/c16-11(9-18-15(5-6-15)14(19)20)7-10-8-17-13-4-2-1-3-12(10)13/h1-4,8,11,17-18H,5-7,9,16H2,(H,19,20). The van der Waals surface area contributed by atoms with E-state index in [9.17, 15) is 4.79 Å². The number of nitrogens with two attached hydrogens (primary N) is 1. The summed E-state index contributed by atoms with van der Waals surface area (Å²) in [6, 6.07) is 8.01. The molecule has 5 nitrogen and oxygen atoms in total. The van der Waals surface area contributed by atoms with Crippen molar-refractivity contribution >= 4 is 16.9 Å². The van der Waals surface area contributed by atoms with Gasteiger partial charge < -0.3 is 21.1 Å². The topological polar surface area (TPSA) is 91.1 Å². The fourth-order valence-electron chi connectivity index (χ4n) is 2.57. The number of benzene rings is 1. The number of para-hydroxylation sites is 1. The van der Waals surface area contributed by atoms with Crippen LogP contribution in [0.25, 0.3) is 10.9 Å². The number of carbonyl (C=O) groups is 1. The van der Waals surface area contributed by atoms with Crippen LogP contribution in [0.2, 0.25) is 0 Å². The predicted octanol–water partition coefficient (Wildman–Crippen LogP) is 1.24. The first-order valence-corrected chi connectivity index (χ1v) is 6.90. The van der Waals surface area contributed by atoms with E-state index in [4.69, 9.17) is 10.8 Å². The summed E-state index contributed by atoms with van der Waals surface area (Å²) in [5, 5.41) is 13.4. The molecule has 20 heavy (non-hydrogen) atoms. The lowest BCUT2D eigenvalue weighted by molar-refractivity contribution is -0.140. The van der Waals surface area contributed by atoms with E-state index in [0.29, 0.717) is 19.4 Å². The van der Waals surface area contributed by atoms with E-state index in [0.717, 1.165) is 11.9 Å². The third kappa shape index (κ3) is 2.42. The Morgan fingerprint density at radius 3 is 2.90 bits per heavy atom. The highest BCUT2D eigenvalue weighted by molar-refractivity contribution is 5.83. The molecule has 1 aromatic heterocycles. The number of fused-ring (bicyclic) bond motifs is 1. The van der Waals surface area contributed by atoms with Crippen molar-refractivity contribution in [1.82, 2.24) is 10.3 Å². The Bertz CT molecular complexity index is 631. The smallest absolute Gasteiger partial charge is 0.323 e. The van der Waals surface area contributed by atoms with Gasteiger partial charge in [0.2, 0.25) is 0 Å². The van der Waals surface area contributed by atoms with Crippen LogP contribution in [-0.4, -0.2) is 34.2 Å². The summed E-state index contributed by atoms with van der Waals surface area (Å²) in [6.45, 7) is 0.520. The molecule has 5 N–H and O–H groups in total. The second-order valence-corrected chi connectivity index (χ2v) is 5.59. The summed E-state index contributed by atoms with van der Waals surface area (Å²) in [6.07, 6.45) is 4.10. The molecule has 0 amide bonds. The molecule has 1 aliphatic carbocycles. The molecule has 2 aromatic rings. The second kappa shape index (κ2) is 4.92. The van der Waals surface area contributed by atoms with Crippen molar-refractivity contribution in [3.63, 3.8) is 0 Å². The molecule has 1 aromatic carbocycles. The Labute approximate surface area is 117 Å². The van der Waals surface area contributed by atoms with E-state index < -0.39 is 11.5 Å². The van der Waals surface area contributed by atoms with E-state index in [-0.39, 0.29) is 6.04 Å². The van der Waals surface area contributed by atoms with Gasteiger partial charge in [-0.25, -0.2) is 0 Å². The van der Waals surface area contributed by atoms with Crippen LogP contribution in [0.4, 0.5) is 0 Å². The summed E-state index contributed by atoms with van der Waals surface area (Å²) in [5.74, 6) is -0.767. The lowest BCUT2D eigenvalue weighted by Gasteiger charge is -2.16. The maximum absolute atomic E-state index is 11.1. The zero-order chi connectivity index (χ0) is 14.2. The molecular weight excluding hydrogens is 254 g/mol.